The van der Waals surface area contributed by atoms with Gasteiger partial charge in [-0.15, -0.1) is 12.4 Å². The fourth-order valence-electron chi connectivity index (χ4n) is 1.64. The van der Waals surface area contributed by atoms with Crippen LogP contribution in [0, 0.1) is 5.92 Å². The van der Waals surface area contributed by atoms with Gasteiger partial charge in [-0.2, -0.15) is 13.2 Å². The summed E-state index contributed by atoms with van der Waals surface area (Å²) in [5.41, 5.74) is 4.83. The third-order valence-electron chi connectivity index (χ3n) is 2.68. The average molecular weight is 284 g/mol. The van der Waals surface area contributed by atoms with Crippen LogP contribution in [0.15, 0.2) is 24.3 Å². The summed E-state index contributed by atoms with van der Waals surface area (Å²) in [5.74, 6) is -0.203. The van der Waals surface area contributed by atoms with Gasteiger partial charge >= 0.3 is 6.18 Å². The molecule has 2 nitrogen and oxygen atoms in total. The van der Waals surface area contributed by atoms with Gasteiger partial charge in [-0.1, -0.05) is 32.0 Å². The minimum Gasteiger partial charge on any atom is -0.391 e. The monoisotopic (exact) mass is 283 g/mol. The van der Waals surface area contributed by atoms with E-state index >= 15 is 0 Å². The van der Waals surface area contributed by atoms with Gasteiger partial charge in [0.1, 0.15) is 0 Å². The van der Waals surface area contributed by atoms with Crippen LogP contribution in [0.4, 0.5) is 13.2 Å². The molecule has 18 heavy (non-hydrogen) atoms. The predicted molar refractivity (Wildman–Crippen MR) is 66.5 cm³/mol. The molecule has 0 heterocycles. The number of hydrogen-bond acceptors (Lipinski definition) is 2. The molecule has 2 atom stereocenters. The second-order valence-corrected chi connectivity index (χ2v) is 4.35. The van der Waals surface area contributed by atoms with Crippen molar-refractivity contribution in [1.82, 2.24) is 0 Å². The largest absolute Gasteiger partial charge is 0.416 e. The standard InChI is InChI=1S/C12H16F3NO.ClH/c1-7(2)11(17)10(16)8-5-3-4-6-9(8)12(13,14)15;/h3-7,10-11,17H,16H2,1-2H3;1H/t10-,11+;/m1./s1. The van der Waals surface area contributed by atoms with Gasteiger partial charge in [-0.3, -0.25) is 0 Å². The van der Waals surface area contributed by atoms with E-state index in [0.717, 1.165) is 6.07 Å². The van der Waals surface area contributed by atoms with E-state index in [-0.39, 0.29) is 23.9 Å². The van der Waals surface area contributed by atoms with Crippen molar-refractivity contribution in [3.63, 3.8) is 0 Å². The third-order valence-corrected chi connectivity index (χ3v) is 2.68. The zero-order chi connectivity index (χ0) is 13.2. The Bertz CT molecular complexity index is 382. The van der Waals surface area contributed by atoms with Crippen molar-refractivity contribution in [3.05, 3.63) is 35.4 Å². The normalized spacial score (nSPS) is 15.1. The van der Waals surface area contributed by atoms with Crippen LogP contribution >= 0.6 is 12.4 Å². The highest BCUT2D eigenvalue weighted by Crippen LogP contribution is 2.35. The van der Waals surface area contributed by atoms with Crippen LogP contribution in [0.5, 0.6) is 0 Å². The highest BCUT2D eigenvalue weighted by atomic mass is 35.5. The molecule has 104 valence electrons. The number of aliphatic hydroxyl groups is 1. The molecular weight excluding hydrogens is 267 g/mol. The number of hydrogen-bond donors (Lipinski definition) is 2. The Hall–Kier alpha value is -0.780. The smallest absolute Gasteiger partial charge is 0.391 e. The van der Waals surface area contributed by atoms with Crippen molar-refractivity contribution in [1.29, 1.82) is 0 Å². The van der Waals surface area contributed by atoms with Crippen LogP contribution in [-0.4, -0.2) is 11.2 Å². The molecule has 0 bridgehead atoms. The van der Waals surface area contributed by atoms with Gasteiger partial charge in [0.25, 0.3) is 0 Å². The molecule has 0 aliphatic carbocycles. The molecule has 6 heteroatoms. The molecule has 0 fully saturated rings. The number of benzene rings is 1. The maximum absolute atomic E-state index is 12.7. The van der Waals surface area contributed by atoms with Gasteiger partial charge in [0.2, 0.25) is 0 Å². The number of nitrogens with two attached hydrogens (primary N) is 1. The topological polar surface area (TPSA) is 46.2 Å². The molecule has 0 aromatic heterocycles. The van der Waals surface area contributed by atoms with Gasteiger partial charge in [-0.25, -0.2) is 0 Å². The van der Waals surface area contributed by atoms with E-state index in [2.05, 4.69) is 0 Å². The number of aliphatic hydroxyl groups excluding tert-OH is 1. The minimum atomic E-state index is -4.45. The lowest BCUT2D eigenvalue weighted by molar-refractivity contribution is -0.138. The molecule has 0 aliphatic heterocycles. The van der Waals surface area contributed by atoms with Gasteiger partial charge < -0.3 is 10.8 Å². The van der Waals surface area contributed by atoms with Crippen molar-refractivity contribution < 1.29 is 18.3 Å². The minimum absolute atomic E-state index is 0. The maximum atomic E-state index is 12.7. The molecule has 3 N–H and O–H groups in total. The van der Waals surface area contributed by atoms with E-state index in [1.807, 2.05) is 0 Å². The van der Waals surface area contributed by atoms with Crippen LogP contribution in [-0.2, 0) is 6.18 Å². The Balaban J connectivity index is 0.00000289. The van der Waals surface area contributed by atoms with E-state index in [1.165, 1.54) is 18.2 Å². The summed E-state index contributed by atoms with van der Waals surface area (Å²) in [6.45, 7) is 3.42. The zero-order valence-electron chi connectivity index (χ0n) is 10.1. The lowest BCUT2D eigenvalue weighted by Crippen LogP contribution is -2.32. The molecule has 1 aromatic carbocycles. The molecule has 0 spiro atoms. The van der Waals surface area contributed by atoms with E-state index < -0.39 is 23.9 Å². The van der Waals surface area contributed by atoms with Crippen LogP contribution in [0.2, 0.25) is 0 Å². The Kier molecular flexibility index (Phi) is 6.13. The average Bonchev–Trinajstić information content (AvgIpc) is 2.25. The van der Waals surface area contributed by atoms with Crippen molar-refractivity contribution in [2.75, 3.05) is 0 Å². The van der Waals surface area contributed by atoms with Crippen LogP contribution in [0.1, 0.15) is 31.0 Å². The van der Waals surface area contributed by atoms with Crippen molar-refractivity contribution in [2.24, 2.45) is 11.7 Å². The molecule has 0 amide bonds. The summed E-state index contributed by atoms with van der Waals surface area (Å²) >= 11 is 0. The molecule has 0 saturated carbocycles. The van der Waals surface area contributed by atoms with Crippen molar-refractivity contribution >= 4 is 12.4 Å². The molecular formula is C12H17ClF3NO. The van der Waals surface area contributed by atoms with E-state index in [9.17, 15) is 18.3 Å². The Morgan fingerprint density at radius 3 is 2.11 bits per heavy atom. The van der Waals surface area contributed by atoms with E-state index in [4.69, 9.17) is 5.73 Å². The summed E-state index contributed by atoms with van der Waals surface area (Å²) in [6, 6.07) is 4.03. The fraction of sp³-hybridized carbons (Fsp3) is 0.500. The zero-order valence-corrected chi connectivity index (χ0v) is 10.9. The summed E-state index contributed by atoms with van der Waals surface area (Å²) in [7, 11) is 0. The SMILES string of the molecule is CC(C)[C@H](O)[C@H](N)c1ccccc1C(F)(F)F.Cl. The first-order valence-corrected chi connectivity index (χ1v) is 5.35. The van der Waals surface area contributed by atoms with Crippen LogP contribution < -0.4 is 5.73 Å². The lowest BCUT2D eigenvalue weighted by atomic mass is 9.91. The summed E-state index contributed by atoms with van der Waals surface area (Å²) in [5, 5.41) is 9.75. The highest BCUT2D eigenvalue weighted by Gasteiger charge is 2.35. The highest BCUT2D eigenvalue weighted by molar-refractivity contribution is 5.85. The van der Waals surface area contributed by atoms with Crippen LogP contribution in [0.3, 0.4) is 0 Å². The summed E-state index contributed by atoms with van der Waals surface area (Å²) in [4.78, 5) is 0. The number of halogens is 4. The lowest BCUT2D eigenvalue weighted by Gasteiger charge is -2.25. The fourth-order valence-corrected chi connectivity index (χ4v) is 1.64. The first-order valence-electron chi connectivity index (χ1n) is 5.35. The number of alkyl halides is 3. The molecule has 0 unspecified atom stereocenters. The second-order valence-electron chi connectivity index (χ2n) is 4.35. The third kappa shape index (κ3) is 3.86. The van der Waals surface area contributed by atoms with Gasteiger partial charge in [0, 0.05) is 0 Å². The first kappa shape index (κ1) is 17.2. The first-order chi connectivity index (χ1) is 7.75. The number of rotatable bonds is 3. The molecule has 0 aliphatic rings. The quantitative estimate of drug-likeness (QED) is 0.895. The van der Waals surface area contributed by atoms with Gasteiger partial charge in [0.15, 0.2) is 0 Å². The molecule has 1 aromatic rings. The van der Waals surface area contributed by atoms with Crippen molar-refractivity contribution in [2.45, 2.75) is 32.2 Å². The molecule has 0 saturated heterocycles. The Morgan fingerprint density at radius 2 is 1.67 bits per heavy atom. The Morgan fingerprint density at radius 1 is 1.17 bits per heavy atom. The van der Waals surface area contributed by atoms with Gasteiger partial charge in [-0.05, 0) is 17.5 Å². The Labute approximate surface area is 110 Å². The summed E-state index contributed by atoms with van der Waals surface area (Å²) in [6.07, 6.45) is -5.45. The molecule has 1 rings (SSSR count). The predicted octanol–water partition coefficient (Wildman–Crippen LogP) is 3.14. The van der Waals surface area contributed by atoms with Gasteiger partial charge in [0.05, 0.1) is 17.7 Å². The van der Waals surface area contributed by atoms with Crippen molar-refractivity contribution in [3.8, 4) is 0 Å². The van der Waals surface area contributed by atoms with Crippen LogP contribution in [0.25, 0.3) is 0 Å². The van der Waals surface area contributed by atoms with E-state index in [1.54, 1.807) is 13.8 Å². The van der Waals surface area contributed by atoms with E-state index in [0.29, 0.717) is 0 Å². The maximum Gasteiger partial charge on any atom is 0.416 e. The summed E-state index contributed by atoms with van der Waals surface area (Å²) < 4.78 is 38.2. The molecule has 0 radical (unpaired) electrons. The second kappa shape index (κ2) is 6.41.